The lowest BCUT2D eigenvalue weighted by atomic mass is 10.1. The van der Waals surface area contributed by atoms with Crippen LogP contribution in [-0.2, 0) is 17.3 Å². The molecule has 1 saturated heterocycles. The molecule has 3 heterocycles. The van der Waals surface area contributed by atoms with Crippen molar-refractivity contribution >= 4 is 39.0 Å². The van der Waals surface area contributed by atoms with Gasteiger partial charge in [0.05, 0.1) is 23.6 Å². The number of rotatable bonds is 6. The number of urea groups is 1. The Hall–Kier alpha value is -2.11. The summed E-state index contributed by atoms with van der Waals surface area (Å²) in [5.41, 5.74) is 1.08. The van der Waals surface area contributed by atoms with Gasteiger partial charge in [0.1, 0.15) is 0 Å². The molecule has 2 amide bonds. The molecule has 0 spiro atoms. The van der Waals surface area contributed by atoms with Crippen LogP contribution in [0.1, 0.15) is 42.4 Å². The van der Waals surface area contributed by atoms with Crippen LogP contribution in [0, 0.1) is 6.92 Å². The third kappa shape index (κ3) is 5.13. The second-order valence-corrected chi connectivity index (χ2v) is 10.9. The fourth-order valence-electron chi connectivity index (χ4n) is 3.77. The van der Waals surface area contributed by atoms with Gasteiger partial charge < -0.3 is 10.2 Å². The van der Waals surface area contributed by atoms with E-state index in [1.165, 1.54) is 10.5 Å². The summed E-state index contributed by atoms with van der Waals surface area (Å²) in [6.45, 7) is 7.53. The summed E-state index contributed by atoms with van der Waals surface area (Å²) >= 11 is 1.59. The highest BCUT2D eigenvalue weighted by Crippen LogP contribution is 2.33. The molecule has 0 bridgehead atoms. The minimum atomic E-state index is -4.14. The molecule has 30 heavy (non-hydrogen) atoms. The number of hydrogen-bond donors (Lipinski definition) is 2. The van der Waals surface area contributed by atoms with Gasteiger partial charge in [-0.1, -0.05) is 13.8 Å². The summed E-state index contributed by atoms with van der Waals surface area (Å²) < 4.78 is 31.6. The summed E-state index contributed by atoms with van der Waals surface area (Å²) in [4.78, 5) is 16.8. The second-order valence-electron chi connectivity index (χ2n) is 8.08. The monoisotopic (exact) mass is 454 g/mol. The minimum Gasteiger partial charge on any atom is -0.306 e. The van der Waals surface area contributed by atoms with Crippen LogP contribution in [0.15, 0.2) is 18.5 Å². The molecular weight excluding hydrogens is 424 g/mol. The van der Waals surface area contributed by atoms with E-state index in [4.69, 9.17) is 0 Å². The Kier molecular flexibility index (Phi) is 6.73. The number of likely N-dealkylation sites (N-methyl/N-ethyl adjacent to an activating group) is 1. The first-order valence-electron chi connectivity index (χ1n) is 9.97. The molecular formula is C19H30N6O3S2. The van der Waals surface area contributed by atoms with Gasteiger partial charge in [-0.15, -0.1) is 11.3 Å². The summed E-state index contributed by atoms with van der Waals surface area (Å²) in [6, 6.07) is 0.807. The van der Waals surface area contributed by atoms with Crippen LogP contribution in [0.25, 0.3) is 0 Å². The van der Waals surface area contributed by atoms with Crippen LogP contribution in [-0.4, -0.2) is 55.3 Å². The van der Waals surface area contributed by atoms with Gasteiger partial charge in [0, 0.05) is 29.5 Å². The van der Waals surface area contributed by atoms with Crippen LogP contribution in [0.5, 0.6) is 0 Å². The maximum absolute atomic E-state index is 13.3. The van der Waals surface area contributed by atoms with E-state index < -0.39 is 16.2 Å². The number of hydrogen-bond acceptors (Lipinski definition) is 6. The van der Waals surface area contributed by atoms with Crippen LogP contribution < -0.4 is 14.3 Å². The van der Waals surface area contributed by atoms with Crippen molar-refractivity contribution in [2.75, 3.05) is 29.8 Å². The molecule has 11 heteroatoms. The molecule has 2 N–H and O–H groups in total. The Bertz CT molecular complexity index is 998. The van der Waals surface area contributed by atoms with Gasteiger partial charge in [-0.3, -0.25) is 4.68 Å². The quantitative estimate of drug-likeness (QED) is 0.699. The van der Waals surface area contributed by atoms with E-state index in [9.17, 15) is 13.2 Å². The van der Waals surface area contributed by atoms with Crippen molar-refractivity contribution in [1.82, 2.24) is 19.4 Å². The van der Waals surface area contributed by atoms with Crippen molar-refractivity contribution in [3.63, 3.8) is 0 Å². The van der Waals surface area contributed by atoms with Crippen molar-refractivity contribution in [2.45, 2.75) is 45.6 Å². The summed E-state index contributed by atoms with van der Waals surface area (Å²) in [6.07, 6.45) is 4.74. The number of carbonyl (C=O) groups excluding carboxylic acids is 1. The van der Waals surface area contributed by atoms with Crippen LogP contribution in [0.3, 0.4) is 0 Å². The third-order valence-corrected chi connectivity index (χ3v) is 7.84. The van der Waals surface area contributed by atoms with Crippen LogP contribution >= 0.6 is 11.3 Å². The molecule has 1 aliphatic heterocycles. The molecule has 0 aliphatic carbocycles. The van der Waals surface area contributed by atoms with Crippen molar-refractivity contribution in [1.29, 1.82) is 0 Å². The van der Waals surface area contributed by atoms with Crippen molar-refractivity contribution in [3.8, 4) is 0 Å². The average molecular weight is 455 g/mol. The zero-order valence-corrected chi connectivity index (χ0v) is 19.7. The summed E-state index contributed by atoms with van der Waals surface area (Å²) in [5.74, 6) is 0.222. The van der Waals surface area contributed by atoms with Gasteiger partial charge in [0.25, 0.3) is 0 Å². The van der Waals surface area contributed by atoms with E-state index in [-0.39, 0.29) is 12.0 Å². The molecule has 9 nitrogen and oxygen atoms in total. The van der Waals surface area contributed by atoms with Gasteiger partial charge in [0.2, 0.25) is 0 Å². The largest absolute Gasteiger partial charge is 0.334 e. The zero-order valence-electron chi connectivity index (χ0n) is 18.0. The van der Waals surface area contributed by atoms with E-state index in [1.54, 1.807) is 29.3 Å². The van der Waals surface area contributed by atoms with Gasteiger partial charge >= 0.3 is 16.2 Å². The van der Waals surface area contributed by atoms with Crippen molar-refractivity contribution in [3.05, 3.63) is 28.2 Å². The Labute approximate surface area is 182 Å². The Morgan fingerprint density at radius 3 is 2.70 bits per heavy atom. The number of carbonyl (C=O) groups is 1. The molecule has 166 valence electrons. The van der Waals surface area contributed by atoms with E-state index in [2.05, 4.69) is 20.0 Å². The molecule has 1 fully saturated rings. The van der Waals surface area contributed by atoms with Gasteiger partial charge in [-0.05, 0) is 45.3 Å². The van der Waals surface area contributed by atoms with E-state index >= 15 is 0 Å². The summed E-state index contributed by atoms with van der Waals surface area (Å²) in [7, 11) is -0.441. The molecule has 1 unspecified atom stereocenters. The highest BCUT2D eigenvalue weighted by Gasteiger charge is 2.35. The van der Waals surface area contributed by atoms with Crippen LogP contribution in [0.2, 0.25) is 0 Å². The standard InChI is InChI=1S/C19H30N6O3S2/c1-13(2)18-17(9-14(3)29-18)21-19(26)22-30(27,28)25(16-10-20-24(5)12-16)15-7-6-8-23(4)11-15/h9-10,12-13,15H,6-8,11H2,1-5H3,(H2,21,22,26). The molecule has 0 saturated carbocycles. The Morgan fingerprint density at radius 2 is 2.10 bits per heavy atom. The molecule has 1 aliphatic rings. The Morgan fingerprint density at radius 1 is 1.37 bits per heavy atom. The smallest absolute Gasteiger partial charge is 0.306 e. The average Bonchev–Trinajstić information content (AvgIpc) is 3.20. The lowest BCUT2D eigenvalue weighted by molar-refractivity contribution is 0.251. The number of anilines is 2. The lowest BCUT2D eigenvalue weighted by Crippen LogP contribution is -2.54. The first kappa shape index (κ1) is 22.6. The summed E-state index contributed by atoms with van der Waals surface area (Å²) in [5, 5.41) is 6.83. The molecule has 0 aromatic carbocycles. The second kappa shape index (κ2) is 8.94. The van der Waals surface area contributed by atoms with E-state index in [1.807, 2.05) is 33.9 Å². The number of aryl methyl sites for hydroxylation is 2. The number of amides is 2. The molecule has 2 aromatic heterocycles. The number of nitrogens with zero attached hydrogens (tertiary/aromatic N) is 4. The maximum Gasteiger partial charge on any atom is 0.334 e. The topological polar surface area (TPSA) is 99.6 Å². The number of piperidine rings is 1. The minimum absolute atomic E-state index is 0.222. The first-order chi connectivity index (χ1) is 14.1. The van der Waals surface area contributed by atoms with E-state index in [0.717, 1.165) is 22.7 Å². The maximum atomic E-state index is 13.3. The fourth-order valence-corrected chi connectivity index (χ4v) is 6.07. The predicted molar refractivity (Wildman–Crippen MR) is 120 cm³/mol. The predicted octanol–water partition coefficient (Wildman–Crippen LogP) is 2.88. The van der Waals surface area contributed by atoms with E-state index in [0.29, 0.717) is 24.3 Å². The molecule has 2 aromatic rings. The Balaban J connectivity index is 1.83. The number of likely N-dealkylation sites (tertiary alicyclic amines) is 1. The lowest BCUT2D eigenvalue weighted by Gasteiger charge is -2.37. The van der Waals surface area contributed by atoms with Crippen molar-refractivity contribution < 1.29 is 13.2 Å². The number of nitrogens with one attached hydrogen (secondary N) is 2. The molecule has 3 rings (SSSR count). The highest BCUT2D eigenvalue weighted by atomic mass is 32.2. The van der Waals surface area contributed by atoms with Gasteiger partial charge in [-0.2, -0.15) is 13.5 Å². The fraction of sp³-hybridized carbons (Fsp3) is 0.579. The number of aromatic nitrogens is 2. The molecule has 0 radical (unpaired) electrons. The van der Waals surface area contributed by atoms with Gasteiger partial charge in [-0.25, -0.2) is 13.8 Å². The normalized spacial score (nSPS) is 17.9. The van der Waals surface area contributed by atoms with Gasteiger partial charge in [0.15, 0.2) is 0 Å². The zero-order chi connectivity index (χ0) is 22.1. The third-order valence-electron chi connectivity index (χ3n) is 5.01. The van der Waals surface area contributed by atoms with Crippen molar-refractivity contribution in [2.24, 2.45) is 7.05 Å². The SMILES string of the molecule is Cc1cc(NC(=O)NS(=O)(=O)N(c2cnn(C)c2)C2CCCN(C)C2)c(C(C)C)s1. The van der Waals surface area contributed by atoms with Crippen LogP contribution in [0.4, 0.5) is 16.2 Å². The first-order valence-corrected chi connectivity index (χ1v) is 12.2. The molecule has 1 atom stereocenters. The number of thiophene rings is 1. The highest BCUT2D eigenvalue weighted by molar-refractivity contribution is 7.91.